The second-order valence-corrected chi connectivity index (χ2v) is 13.2. The van der Waals surface area contributed by atoms with Gasteiger partial charge in [-0.25, -0.2) is 9.37 Å². The molecule has 0 bridgehead atoms. The van der Waals surface area contributed by atoms with Gasteiger partial charge in [-0.1, -0.05) is 13.8 Å². The number of hydrogen-bond acceptors (Lipinski definition) is 9. The van der Waals surface area contributed by atoms with Gasteiger partial charge in [0.25, 0.3) is 11.8 Å². The monoisotopic (exact) mass is 707 g/mol. The SMILES string of the molecule is CC.CC(C)N(CC(F)(F)F)C(=O)c1cc(F)ccc1Oc1nncnc1N1CC2(CC(Oc3ccnc4c3CN(CCCCl)CC4)C2)C1. The predicted molar refractivity (Wildman–Crippen MR) is 177 cm³/mol. The Hall–Kier alpha value is -3.78. The molecule has 2 aliphatic heterocycles. The molecule has 1 saturated carbocycles. The van der Waals surface area contributed by atoms with Gasteiger partial charge >= 0.3 is 6.18 Å². The lowest BCUT2D eigenvalue weighted by Gasteiger charge is -2.58. The highest BCUT2D eigenvalue weighted by atomic mass is 35.5. The lowest BCUT2D eigenvalue weighted by Crippen LogP contribution is -2.65. The summed E-state index contributed by atoms with van der Waals surface area (Å²) < 4.78 is 66.4. The summed E-state index contributed by atoms with van der Waals surface area (Å²) in [5.41, 5.74) is 1.89. The molecule has 0 atom stereocenters. The summed E-state index contributed by atoms with van der Waals surface area (Å²) in [5, 5.41) is 7.86. The Balaban J connectivity index is 0.00000230. The van der Waals surface area contributed by atoms with Crippen molar-refractivity contribution in [1.29, 1.82) is 0 Å². The number of aromatic nitrogens is 4. The van der Waals surface area contributed by atoms with E-state index in [0.29, 0.717) is 29.7 Å². The molecular weight excluding hydrogens is 666 g/mol. The number of pyridine rings is 1. The number of rotatable bonds is 11. The van der Waals surface area contributed by atoms with Crippen molar-refractivity contribution in [3.63, 3.8) is 0 Å². The molecule has 2 fully saturated rings. The van der Waals surface area contributed by atoms with Gasteiger partial charge in [0.05, 0.1) is 5.56 Å². The van der Waals surface area contributed by atoms with Crippen molar-refractivity contribution in [3.8, 4) is 17.4 Å². The van der Waals surface area contributed by atoms with E-state index in [1.807, 2.05) is 31.0 Å². The number of nitrogens with zero attached hydrogens (tertiary/aromatic N) is 7. The topological polar surface area (TPSA) is 96.8 Å². The van der Waals surface area contributed by atoms with Crippen LogP contribution in [0.15, 0.2) is 36.8 Å². The van der Waals surface area contributed by atoms with Gasteiger partial charge in [0.15, 0.2) is 5.82 Å². The first-order valence-electron chi connectivity index (χ1n) is 16.6. The van der Waals surface area contributed by atoms with Gasteiger partial charge in [-0.15, -0.1) is 21.8 Å². The van der Waals surface area contributed by atoms with Crippen molar-refractivity contribution < 1.29 is 31.8 Å². The summed E-state index contributed by atoms with van der Waals surface area (Å²) in [4.78, 5) is 27.1. The molecule has 0 N–H and O–H groups in total. The summed E-state index contributed by atoms with van der Waals surface area (Å²) in [5.74, 6) is -0.119. The zero-order valence-corrected chi connectivity index (χ0v) is 28.9. The Labute approximate surface area is 288 Å². The fourth-order valence-electron chi connectivity index (χ4n) is 6.63. The van der Waals surface area contributed by atoms with Crippen LogP contribution in [0, 0.1) is 11.2 Å². The van der Waals surface area contributed by atoms with E-state index < -0.39 is 30.5 Å². The first kappa shape index (κ1) is 36.5. The quantitative estimate of drug-likeness (QED) is 0.160. The van der Waals surface area contributed by atoms with E-state index >= 15 is 0 Å². The summed E-state index contributed by atoms with van der Waals surface area (Å²) in [6, 6.07) is 4.24. The van der Waals surface area contributed by atoms with Crippen molar-refractivity contribution in [3.05, 3.63) is 59.4 Å². The van der Waals surface area contributed by atoms with Crippen LogP contribution in [0.3, 0.4) is 0 Å². The minimum absolute atomic E-state index is 0.0265. The van der Waals surface area contributed by atoms with E-state index in [9.17, 15) is 22.4 Å². The summed E-state index contributed by atoms with van der Waals surface area (Å²) in [7, 11) is 0. The number of halogens is 5. The molecule has 1 amide bonds. The molecule has 4 heterocycles. The molecule has 3 aromatic rings. The number of anilines is 1. The molecule has 0 unspecified atom stereocenters. The molecule has 266 valence electrons. The number of fused-ring (bicyclic) bond motifs is 1. The van der Waals surface area contributed by atoms with Crippen LogP contribution in [0.5, 0.6) is 17.4 Å². The maximum Gasteiger partial charge on any atom is 0.406 e. The molecule has 49 heavy (non-hydrogen) atoms. The van der Waals surface area contributed by atoms with Crippen molar-refractivity contribution in [2.24, 2.45) is 5.41 Å². The van der Waals surface area contributed by atoms with E-state index in [1.165, 1.54) is 26.2 Å². The predicted octanol–water partition coefficient (Wildman–Crippen LogP) is 6.67. The molecule has 15 heteroatoms. The van der Waals surface area contributed by atoms with Crippen LogP contribution >= 0.6 is 11.6 Å². The van der Waals surface area contributed by atoms with Crippen molar-refractivity contribution in [2.45, 2.75) is 78.2 Å². The second-order valence-electron chi connectivity index (χ2n) is 12.8. The molecule has 0 radical (unpaired) electrons. The highest BCUT2D eigenvalue weighted by molar-refractivity contribution is 6.17. The third kappa shape index (κ3) is 8.51. The zero-order chi connectivity index (χ0) is 35.3. The van der Waals surface area contributed by atoms with E-state index in [-0.39, 0.29) is 28.7 Å². The molecule has 3 aliphatic rings. The molecular formula is C34H42ClF4N7O3. The molecule has 1 saturated heterocycles. The van der Waals surface area contributed by atoms with Crippen LogP contribution < -0.4 is 14.4 Å². The normalized spacial score (nSPS) is 17.1. The van der Waals surface area contributed by atoms with Gasteiger partial charge in [-0.05, 0) is 63.9 Å². The number of amides is 1. The fraction of sp³-hybridized carbons (Fsp3) is 0.559. The molecule has 10 nitrogen and oxygen atoms in total. The van der Waals surface area contributed by atoms with Crippen LogP contribution in [-0.4, -0.2) is 92.8 Å². The first-order chi connectivity index (χ1) is 23.4. The Morgan fingerprint density at radius 1 is 1.14 bits per heavy atom. The Kier molecular flexibility index (Phi) is 11.5. The van der Waals surface area contributed by atoms with Gasteiger partial charge < -0.3 is 19.3 Å². The summed E-state index contributed by atoms with van der Waals surface area (Å²) in [6.07, 6.45) is 2.02. The minimum atomic E-state index is -4.64. The van der Waals surface area contributed by atoms with Crippen molar-refractivity contribution in [1.82, 2.24) is 30.0 Å². The third-order valence-electron chi connectivity index (χ3n) is 8.91. The number of ether oxygens (including phenoxy) is 2. The van der Waals surface area contributed by atoms with Crippen molar-refractivity contribution in [2.75, 3.05) is 43.5 Å². The van der Waals surface area contributed by atoms with Crippen LogP contribution in [0.25, 0.3) is 0 Å². The average molecular weight is 708 g/mol. The smallest absolute Gasteiger partial charge is 0.406 e. The molecule has 2 aromatic heterocycles. The molecule has 1 aromatic carbocycles. The highest BCUT2D eigenvalue weighted by Crippen LogP contribution is 2.52. The lowest BCUT2D eigenvalue weighted by molar-refractivity contribution is -0.143. The van der Waals surface area contributed by atoms with Crippen molar-refractivity contribution >= 4 is 23.3 Å². The van der Waals surface area contributed by atoms with Gasteiger partial charge in [-0.3, -0.25) is 14.7 Å². The first-order valence-corrected chi connectivity index (χ1v) is 17.2. The maximum atomic E-state index is 14.2. The largest absolute Gasteiger partial charge is 0.490 e. The van der Waals surface area contributed by atoms with E-state index in [1.54, 1.807) is 0 Å². The van der Waals surface area contributed by atoms with Crippen LogP contribution in [0.2, 0.25) is 0 Å². The number of carbonyl (C=O) groups is 1. The highest BCUT2D eigenvalue weighted by Gasteiger charge is 2.54. The Bertz CT molecular complexity index is 1600. The Morgan fingerprint density at radius 3 is 2.59 bits per heavy atom. The van der Waals surface area contributed by atoms with E-state index in [0.717, 1.165) is 74.5 Å². The molecule has 1 spiro atoms. The second kappa shape index (κ2) is 15.4. The van der Waals surface area contributed by atoms with Gasteiger partial charge in [0.1, 0.15) is 36.3 Å². The average Bonchev–Trinajstić information content (AvgIpc) is 3.04. The van der Waals surface area contributed by atoms with Crippen LogP contribution in [-0.2, 0) is 13.0 Å². The van der Waals surface area contributed by atoms with Crippen LogP contribution in [0.4, 0.5) is 23.4 Å². The fourth-order valence-corrected chi connectivity index (χ4v) is 6.75. The lowest BCUT2D eigenvalue weighted by atomic mass is 9.61. The summed E-state index contributed by atoms with van der Waals surface area (Å²) in [6.45, 7) is 9.42. The van der Waals surface area contributed by atoms with E-state index in [4.69, 9.17) is 21.1 Å². The number of benzene rings is 1. The van der Waals surface area contributed by atoms with Gasteiger partial charge in [0.2, 0.25) is 0 Å². The van der Waals surface area contributed by atoms with E-state index in [2.05, 4.69) is 25.1 Å². The maximum absolute atomic E-state index is 14.2. The molecule has 1 aliphatic carbocycles. The standard InChI is InChI=1S/C32H36ClF4N7O3.C2H6/c1-20(2)44(18-32(35,36)37)30(45)23-12-21(34)4-5-26(23)47-29-28(39-19-40-41-29)43-16-31(17-43)13-22(14-31)46-27-6-9-38-25-7-11-42(10-3-8-33)15-24(25)27;1-2/h4-6,9,12,19-20,22H,3,7-8,10-11,13-18H2,1-2H3;1-2H3. The Morgan fingerprint density at radius 2 is 1.90 bits per heavy atom. The summed E-state index contributed by atoms with van der Waals surface area (Å²) >= 11 is 5.91. The third-order valence-corrected chi connectivity index (χ3v) is 9.17. The zero-order valence-electron chi connectivity index (χ0n) is 28.1. The number of carbonyl (C=O) groups excluding carboxylic acids is 1. The number of alkyl halides is 4. The minimum Gasteiger partial charge on any atom is -0.490 e. The van der Waals surface area contributed by atoms with Gasteiger partial charge in [0, 0.05) is 67.4 Å². The van der Waals surface area contributed by atoms with Gasteiger partial charge in [-0.2, -0.15) is 13.2 Å². The molecule has 6 rings (SSSR count). The number of hydrogen-bond donors (Lipinski definition) is 0. The van der Waals surface area contributed by atoms with Crippen LogP contribution in [0.1, 0.15) is 68.6 Å².